The van der Waals surface area contributed by atoms with E-state index in [0.717, 1.165) is 17.7 Å². The zero-order valence-electron chi connectivity index (χ0n) is 15.3. The van der Waals surface area contributed by atoms with Crippen LogP contribution in [0.2, 0.25) is 0 Å². The maximum atomic E-state index is 12.8. The molecule has 0 saturated carbocycles. The summed E-state index contributed by atoms with van der Waals surface area (Å²) < 4.78 is 0. The van der Waals surface area contributed by atoms with Crippen molar-refractivity contribution in [3.63, 3.8) is 0 Å². The SMILES string of the molecule is Cc1ccc(Nc2cc(C(=O)N3CCN(C=O)CC3)nc(C)n2)c(C)c1. The van der Waals surface area contributed by atoms with Crippen LogP contribution in [0.25, 0.3) is 0 Å². The molecule has 1 N–H and O–H groups in total. The largest absolute Gasteiger partial charge is 0.342 e. The zero-order chi connectivity index (χ0) is 18.7. The number of carbonyl (C=O) groups excluding carboxylic acids is 2. The van der Waals surface area contributed by atoms with Crippen LogP contribution in [0.3, 0.4) is 0 Å². The molecule has 0 spiro atoms. The van der Waals surface area contributed by atoms with Crippen LogP contribution in [0.5, 0.6) is 0 Å². The quantitative estimate of drug-likeness (QED) is 0.851. The number of nitrogens with one attached hydrogen (secondary N) is 1. The minimum Gasteiger partial charge on any atom is -0.342 e. The molecule has 1 aromatic heterocycles. The topological polar surface area (TPSA) is 78.4 Å². The maximum Gasteiger partial charge on any atom is 0.272 e. The third-order valence-electron chi connectivity index (χ3n) is 4.45. The number of aryl methyl sites for hydroxylation is 3. The van der Waals surface area contributed by atoms with Gasteiger partial charge in [0, 0.05) is 37.9 Å². The highest BCUT2D eigenvalue weighted by atomic mass is 16.2. The summed E-state index contributed by atoms with van der Waals surface area (Å²) >= 11 is 0. The highest BCUT2D eigenvalue weighted by Gasteiger charge is 2.23. The number of anilines is 2. The van der Waals surface area contributed by atoms with Crippen molar-refractivity contribution < 1.29 is 9.59 Å². The molecule has 1 aliphatic rings. The molecular formula is C19H23N5O2. The van der Waals surface area contributed by atoms with Gasteiger partial charge in [0.25, 0.3) is 5.91 Å². The van der Waals surface area contributed by atoms with Gasteiger partial charge in [-0.05, 0) is 32.4 Å². The molecule has 1 aromatic carbocycles. The van der Waals surface area contributed by atoms with Gasteiger partial charge in [0.15, 0.2) is 0 Å². The van der Waals surface area contributed by atoms with E-state index in [2.05, 4.69) is 21.4 Å². The highest BCUT2D eigenvalue weighted by Crippen LogP contribution is 2.21. The number of amides is 2. The lowest BCUT2D eigenvalue weighted by atomic mass is 10.1. The molecule has 1 aliphatic heterocycles. The Morgan fingerprint density at radius 1 is 1.08 bits per heavy atom. The first kappa shape index (κ1) is 17.8. The minimum atomic E-state index is -0.135. The van der Waals surface area contributed by atoms with Gasteiger partial charge in [-0.15, -0.1) is 0 Å². The van der Waals surface area contributed by atoms with Crippen LogP contribution in [0.4, 0.5) is 11.5 Å². The Morgan fingerprint density at radius 2 is 1.81 bits per heavy atom. The maximum absolute atomic E-state index is 12.8. The van der Waals surface area contributed by atoms with E-state index in [9.17, 15) is 9.59 Å². The van der Waals surface area contributed by atoms with E-state index in [1.165, 1.54) is 5.56 Å². The summed E-state index contributed by atoms with van der Waals surface area (Å²) in [6, 6.07) is 7.81. The van der Waals surface area contributed by atoms with Gasteiger partial charge < -0.3 is 15.1 Å². The molecule has 1 fully saturated rings. The second-order valence-electron chi connectivity index (χ2n) is 6.56. The number of nitrogens with zero attached hydrogens (tertiary/aromatic N) is 4. The summed E-state index contributed by atoms with van der Waals surface area (Å²) in [5.74, 6) is 0.999. The van der Waals surface area contributed by atoms with E-state index in [4.69, 9.17) is 0 Å². The third-order valence-corrected chi connectivity index (χ3v) is 4.45. The number of rotatable bonds is 4. The van der Waals surface area contributed by atoms with Crippen molar-refractivity contribution in [2.24, 2.45) is 0 Å². The lowest BCUT2D eigenvalue weighted by molar-refractivity contribution is -0.119. The Kier molecular flexibility index (Phi) is 5.16. The van der Waals surface area contributed by atoms with Crippen LogP contribution >= 0.6 is 0 Å². The molecule has 136 valence electrons. The molecule has 2 heterocycles. The van der Waals surface area contributed by atoms with Gasteiger partial charge in [0.1, 0.15) is 17.3 Å². The van der Waals surface area contributed by atoms with Crippen molar-refractivity contribution in [2.45, 2.75) is 20.8 Å². The summed E-state index contributed by atoms with van der Waals surface area (Å²) in [6.07, 6.45) is 0.822. The zero-order valence-corrected chi connectivity index (χ0v) is 15.3. The molecular weight excluding hydrogens is 330 g/mol. The van der Waals surface area contributed by atoms with Crippen molar-refractivity contribution in [1.82, 2.24) is 19.8 Å². The average Bonchev–Trinajstić information content (AvgIpc) is 2.63. The van der Waals surface area contributed by atoms with E-state index in [0.29, 0.717) is 43.5 Å². The van der Waals surface area contributed by atoms with Gasteiger partial charge in [-0.1, -0.05) is 17.7 Å². The Balaban J connectivity index is 1.79. The molecule has 3 rings (SSSR count). The number of aromatic nitrogens is 2. The molecule has 2 aromatic rings. The van der Waals surface area contributed by atoms with Crippen molar-refractivity contribution >= 4 is 23.8 Å². The molecule has 7 nitrogen and oxygen atoms in total. The van der Waals surface area contributed by atoms with Crippen LogP contribution in [-0.2, 0) is 4.79 Å². The molecule has 0 aliphatic carbocycles. The smallest absolute Gasteiger partial charge is 0.272 e. The van der Waals surface area contributed by atoms with Gasteiger partial charge in [-0.3, -0.25) is 9.59 Å². The average molecular weight is 353 g/mol. The summed E-state index contributed by atoms with van der Waals surface area (Å²) in [7, 11) is 0. The van der Waals surface area contributed by atoms with E-state index in [1.807, 2.05) is 26.0 Å². The first-order chi connectivity index (χ1) is 12.5. The Bertz CT molecular complexity index is 829. The Labute approximate surface area is 153 Å². The molecule has 26 heavy (non-hydrogen) atoms. The van der Waals surface area contributed by atoms with Crippen LogP contribution < -0.4 is 5.32 Å². The molecule has 0 atom stereocenters. The first-order valence-corrected chi connectivity index (χ1v) is 8.65. The van der Waals surface area contributed by atoms with E-state index in [-0.39, 0.29) is 5.91 Å². The molecule has 0 bridgehead atoms. The lowest BCUT2D eigenvalue weighted by Gasteiger charge is -2.32. The Morgan fingerprint density at radius 3 is 2.46 bits per heavy atom. The fourth-order valence-electron chi connectivity index (χ4n) is 3.03. The van der Waals surface area contributed by atoms with E-state index < -0.39 is 0 Å². The van der Waals surface area contributed by atoms with Crippen LogP contribution in [0.15, 0.2) is 24.3 Å². The summed E-state index contributed by atoms with van der Waals surface area (Å²) in [5.41, 5.74) is 3.62. The molecule has 1 saturated heterocycles. The standard InChI is InChI=1S/C19H23N5O2/c1-13-4-5-16(14(2)10-13)22-18-11-17(20-15(3)21-18)19(26)24-8-6-23(12-25)7-9-24/h4-5,10-12H,6-9H2,1-3H3,(H,20,21,22). The number of piperazine rings is 1. The van der Waals surface area contributed by atoms with Crippen molar-refractivity contribution in [1.29, 1.82) is 0 Å². The number of hydrogen-bond donors (Lipinski definition) is 1. The van der Waals surface area contributed by atoms with Gasteiger partial charge in [0.2, 0.25) is 6.41 Å². The van der Waals surface area contributed by atoms with Crippen molar-refractivity contribution in [2.75, 3.05) is 31.5 Å². The van der Waals surface area contributed by atoms with Gasteiger partial charge in [0.05, 0.1) is 0 Å². The van der Waals surface area contributed by atoms with Gasteiger partial charge >= 0.3 is 0 Å². The second kappa shape index (κ2) is 7.51. The van der Waals surface area contributed by atoms with Crippen LogP contribution in [-0.4, -0.2) is 58.3 Å². The molecule has 0 unspecified atom stereocenters. The fraction of sp³-hybridized carbons (Fsp3) is 0.368. The summed E-state index contributed by atoms with van der Waals surface area (Å²) in [4.78, 5) is 35.7. The Hall–Kier alpha value is -2.96. The van der Waals surface area contributed by atoms with Crippen LogP contribution in [0.1, 0.15) is 27.4 Å². The van der Waals surface area contributed by atoms with E-state index >= 15 is 0 Å². The number of benzene rings is 1. The number of hydrogen-bond acceptors (Lipinski definition) is 5. The normalized spacial score (nSPS) is 14.3. The van der Waals surface area contributed by atoms with Gasteiger partial charge in [-0.2, -0.15) is 0 Å². The highest BCUT2D eigenvalue weighted by molar-refractivity contribution is 5.93. The molecule has 0 radical (unpaired) electrons. The molecule has 2 amide bonds. The van der Waals surface area contributed by atoms with Gasteiger partial charge in [-0.25, -0.2) is 9.97 Å². The van der Waals surface area contributed by atoms with Crippen molar-refractivity contribution in [3.8, 4) is 0 Å². The monoisotopic (exact) mass is 353 g/mol. The predicted molar refractivity (Wildman–Crippen MR) is 99.5 cm³/mol. The molecule has 7 heteroatoms. The summed E-state index contributed by atoms with van der Waals surface area (Å²) in [6.45, 7) is 7.98. The second-order valence-corrected chi connectivity index (χ2v) is 6.56. The van der Waals surface area contributed by atoms with Crippen molar-refractivity contribution in [3.05, 3.63) is 46.9 Å². The van der Waals surface area contributed by atoms with E-state index in [1.54, 1.807) is 22.8 Å². The summed E-state index contributed by atoms with van der Waals surface area (Å²) in [5, 5.41) is 3.28. The third kappa shape index (κ3) is 3.99. The minimum absolute atomic E-state index is 0.135. The lowest BCUT2D eigenvalue weighted by Crippen LogP contribution is -2.48. The first-order valence-electron chi connectivity index (χ1n) is 8.65. The number of carbonyl (C=O) groups is 2. The fourth-order valence-corrected chi connectivity index (χ4v) is 3.03. The van der Waals surface area contributed by atoms with Crippen LogP contribution in [0, 0.1) is 20.8 Å². The predicted octanol–water partition coefficient (Wildman–Crippen LogP) is 2.06.